The van der Waals surface area contributed by atoms with Crippen molar-refractivity contribution in [2.75, 3.05) is 13.7 Å². The van der Waals surface area contributed by atoms with Crippen LogP contribution in [0, 0.1) is 24.1 Å². The van der Waals surface area contributed by atoms with Crippen LogP contribution in [0.5, 0.6) is 11.5 Å². The minimum absolute atomic E-state index is 0.126. The molecule has 0 aliphatic heterocycles. The number of hydrogen-bond acceptors (Lipinski definition) is 5. The van der Waals surface area contributed by atoms with Crippen LogP contribution in [0.2, 0.25) is 0 Å². The van der Waals surface area contributed by atoms with Crippen LogP contribution in [0.1, 0.15) is 51.8 Å². The Labute approximate surface area is 212 Å². The van der Waals surface area contributed by atoms with Crippen LogP contribution in [0.25, 0.3) is 0 Å². The Balaban J connectivity index is 1.99. The molecule has 2 amide bonds. The number of methoxy groups -OCH3 is 1. The summed E-state index contributed by atoms with van der Waals surface area (Å²) in [5.41, 5.74) is 0.892. The van der Waals surface area contributed by atoms with Gasteiger partial charge in [-0.25, -0.2) is 9.18 Å². The number of halogens is 1. The third-order valence-corrected chi connectivity index (χ3v) is 5.13. The van der Waals surface area contributed by atoms with E-state index in [9.17, 15) is 14.0 Å². The van der Waals surface area contributed by atoms with Crippen LogP contribution in [-0.4, -0.2) is 37.3 Å². The van der Waals surface area contributed by atoms with Gasteiger partial charge in [0, 0.05) is 12.1 Å². The molecular weight excluding hydrogens is 463 g/mol. The second-order valence-electron chi connectivity index (χ2n) is 9.61. The Morgan fingerprint density at radius 1 is 1.08 bits per heavy atom. The lowest BCUT2D eigenvalue weighted by Crippen LogP contribution is -2.51. The normalized spacial score (nSPS) is 12.8. The van der Waals surface area contributed by atoms with Crippen molar-refractivity contribution in [3.05, 3.63) is 59.4 Å². The number of nitrogens with one attached hydrogen (secondary N) is 2. The molecule has 36 heavy (non-hydrogen) atoms. The highest BCUT2D eigenvalue weighted by molar-refractivity contribution is 5.85. The third kappa shape index (κ3) is 8.81. The van der Waals surface area contributed by atoms with Crippen molar-refractivity contribution in [1.82, 2.24) is 10.6 Å². The van der Waals surface area contributed by atoms with Gasteiger partial charge in [0.1, 0.15) is 17.5 Å². The van der Waals surface area contributed by atoms with Crippen molar-refractivity contribution < 1.29 is 28.2 Å². The van der Waals surface area contributed by atoms with Crippen LogP contribution in [0.15, 0.2) is 42.5 Å². The number of alkyl carbamates (subject to hydrolysis) is 1. The van der Waals surface area contributed by atoms with Gasteiger partial charge in [0.2, 0.25) is 5.91 Å². The van der Waals surface area contributed by atoms with Crippen molar-refractivity contribution in [2.45, 2.75) is 58.8 Å². The van der Waals surface area contributed by atoms with Crippen LogP contribution in [-0.2, 0) is 16.0 Å². The summed E-state index contributed by atoms with van der Waals surface area (Å²) in [7, 11) is 1.52. The molecule has 2 atom stereocenters. The maximum Gasteiger partial charge on any atom is 0.408 e. The molecule has 0 radical (unpaired) electrons. The lowest BCUT2D eigenvalue weighted by atomic mass is 10.0. The maximum atomic E-state index is 13.2. The molecule has 0 fully saturated rings. The van der Waals surface area contributed by atoms with Crippen LogP contribution >= 0.6 is 0 Å². The predicted octanol–water partition coefficient (Wildman–Crippen LogP) is 4.80. The van der Waals surface area contributed by atoms with E-state index in [-0.39, 0.29) is 17.6 Å². The molecule has 2 N–H and O–H groups in total. The number of terminal acetylenes is 1. The number of ether oxygens (including phenoxy) is 3. The summed E-state index contributed by atoms with van der Waals surface area (Å²) >= 11 is 0. The molecule has 0 saturated carbocycles. The van der Waals surface area contributed by atoms with E-state index in [1.54, 1.807) is 45.0 Å². The van der Waals surface area contributed by atoms with E-state index in [2.05, 4.69) is 16.6 Å². The standard InChI is InChI=1S/C28H35FN2O5/c1-8-22(20-10-12-21(29)13-11-20)35-23-14-9-19(17-24(23)34-7)15-16-30-26(32)25(18(2)3)31-27(33)36-28(4,5)6/h1,9-14,17-18,22,25H,15-16H2,2-7H3,(H,30,32)(H,31,33). The average Bonchev–Trinajstić information content (AvgIpc) is 2.80. The van der Waals surface area contributed by atoms with Crippen LogP contribution < -0.4 is 20.1 Å². The van der Waals surface area contributed by atoms with E-state index in [0.29, 0.717) is 30.0 Å². The number of hydrogen-bond donors (Lipinski definition) is 2. The van der Waals surface area contributed by atoms with Gasteiger partial charge >= 0.3 is 6.09 Å². The second-order valence-corrected chi connectivity index (χ2v) is 9.61. The highest BCUT2D eigenvalue weighted by atomic mass is 19.1. The zero-order chi connectivity index (χ0) is 26.9. The van der Waals surface area contributed by atoms with E-state index in [1.165, 1.54) is 19.2 Å². The van der Waals surface area contributed by atoms with E-state index in [4.69, 9.17) is 20.6 Å². The quantitative estimate of drug-likeness (QED) is 0.460. The summed E-state index contributed by atoms with van der Waals surface area (Å²) in [5, 5.41) is 5.50. The summed E-state index contributed by atoms with van der Waals surface area (Å²) in [6, 6.07) is 10.5. The van der Waals surface area contributed by atoms with Crippen molar-refractivity contribution >= 4 is 12.0 Å². The van der Waals surface area contributed by atoms with E-state index in [0.717, 1.165) is 5.56 Å². The van der Waals surface area contributed by atoms with Gasteiger partial charge in [0.05, 0.1) is 7.11 Å². The fourth-order valence-corrected chi connectivity index (χ4v) is 3.34. The van der Waals surface area contributed by atoms with Gasteiger partial charge < -0.3 is 24.8 Å². The molecule has 7 nitrogen and oxygen atoms in total. The molecule has 2 unspecified atom stereocenters. The third-order valence-electron chi connectivity index (χ3n) is 5.13. The molecule has 0 aliphatic rings. The smallest absolute Gasteiger partial charge is 0.408 e. The summed E-state index contributed by atoms with van der Waals surface area (Å²) in [5.74, 6) is 2.70. The first-order valence-corrected chi connectivity index (χ1v) is 11.8. The fraction of sp³-hybridized carbons (Fsp3) is 0.429. The first kappa shape index (κ1) is 28.5. The lowest BCUT2D eigenvalue weighted by molar-refractivity contribution is -0.124. The van der Waals surface area contributed by atoms with Crippen LogP contribution in [0.4, 0.5) is 9.18 Å². The molecule has 0 spiro atoms. The van der Waals surface area contributed by atoms with Gasteiger partial charge in [-0.05, 0) is 62.9 Å². The first-order chi connectivity index (χ1) is 16.9. The van der Waals surface area contributed by atoms with Gasteiger partial charge in [0.25, 0.3) is 0 Å². The Kier molecular flexibility index (Phi) is 10.2. The highest BCUT2D eigenvalue weighted by Crippen LogP contribution is 2.32. The first-order valence-electron chi connectivity index (χ1n) is 11.8. The van der Waals surface area contributed by atoms with E-state index >= 15 is 0 Å². The Bertz CT molecular complexity index is 1070. The summed E-state index contributed by atoms with van der Waals surface area (Å²) in [4.78, 5) is 24.8. The molecule has 0 bridgehead atoms. The average molecular weight is 499 g/mol. The summed E-state index contributed by atoms with van der Waals surface area (Å²) in [6.45, 7) is 9.33. The molecule has 2 aromatic rings. The van der Waals surface area contributed by atoms with Crippen molar-refractivity contribution in [1.29, 1.82) is 0 Å². The van der Waals surface area contributed by atoms with Gasteiger partial charge in [-0.1, -0.05) is 38.0 Å². The zero-order valence-corrected chi connectivity index (χ0v) is 21.7. The predicted molar refractivity (Wildman–Crippen MR) is 136 cm³/mol. The van der Waals surface area contributed by atoms with E-state index in [1.807, 2.05) is 19.9 Å². The zero-order valence-electron chi connectivity index (χ0n) is 21.7. The molecule has 0 aromatic heterocycles. The molecule has 0 aliphatic carbocycles. The molecule has 0 saturated heterocycles. The fourth-order valence-electron chi connectivity index (χ4n) is 3.34. The van der Waals surface area contributed by atoms with Gasteiger partial charge in [-0.3, -0.25) is 4.79 Å². The number of benzene rings is 2. The number of amides is 2. The van der Waals surface area contributed by atoms with Crippen molar-refractivity contribution in [3.8, 4) is 23.8 Å². The number of rotatable bonds is 10. The molecule has 8 heteroatoms. The number of carbonyl (C=O) groups excluding carboxylic acids is 2. The molecule has 0 heterocycles. The molecule has 2 aromatic carbocycles. The Morgan fingerprint density at radius 3 is 2.31 bits per heavy atom. The summed E-state index contributed by atoms with van der Waals surface area (Å²) < 4.78 is 29.9. The van der Waals surface area contributed by atoms with Gasteiger partial charge in [-0.2, -0.15) is 0 Å². The molecule has 194 valence electrons. The van der Waals surface area contributed by atoms with Gasteiger partial charge in [-0.15, -0.1) is 6.42 Å². The van der Waals surface area contributed by atoms with E-state index < -0.39 is 23.8 Å². The maximum absolute atomic E-state index is 13.2. The van der Waals surface area contributed by atoms with Gasteiger partial charge in [0.15, 0.2) is 17.6 Å². The topological polar surface area (TPSA) is 85.9 Å². The SMILES string of the molecule is C#CC(Oc1ccc(CCNC(=O)C(NC(=O)OC(C)(C)C)C(C)C)cc1OC)c1ccc(F)cc1. The highest BCUT2D eigenvalue weighted by Gasteiger charge is 2.26. The molecular formula is C28H35FN2O5. The minimum atomic E-state index is -0.725. The largest absolute Gasteiger partial charge is 0.493 e. The Hall–Kier alpha value is -3.73. The van der Waals surface area contributed by atoms with Crippen LogP contribution in [0.3, 0.4) is 0 Å². The molecule has 2 rings (SSSR count). The monoisotopic (exact) mass is 498 g/mol. The Morgan fingerprint density at radius 2 is 1.75 bits per heavy atom. The minimum Gasteiger partial charge on any atom is -0.493 e. The van der Waals surface area contributed by atoms with Crippen molar-refractivity contribution in [2.24, 2.45) is 5.92 Å². The van der Waals surface area contributed by atoms with Crippen molar-refractivity contribution in [3.63, 3.8) is 0 Å². The second kappa shape index (κ2) is 12.8. The number of carbonyl (C=O) groups is 2. The lowest BCUT2D eigenvalue weighted by Gasteiger charge is -2.25. The summed E-state index contributed by atoms with van der Waals surface area (Å²) in [6.07, 6.45) is 4.80.